The fourth-order valence-electron chi connectivity index (χ4n) is 5.87. The van der Waals surface area contributed by atoms with Gasteiger partial charge in [-0.15, -0.1) is 0 Å². The van der Waals surface area contributed by atoms with E-state index < -0.39 is 47.2 Å². The molecule has 44 heavy (non-hydrogen) atoms. The maximum absolute atomic E-state index is 14.6. The van der Waals surface area contributed by atoms with Crippen molar-refractivity contribution in [3.63, 3.8) is 0 Å². The number of ether oxygens (including phenoxy) is 3. The van der Waals surface area contributed by atoms with Crippen molar-refractivity contribution in [2.45, 2.75) is 24.4 Å². The Morgan fingerprint density at radius 3 is 2.18 bits per heavy atom. The average molecular weight is 608 g/mol. The number of rotatable bonds is 6. The molecule has 5 rings (SSSR count). The summed E-state index contributed by atoms with van der Waals surface area (Å²) in [4.78, 5) is 46.7. The molecule has 12 heteroatoms. The molecule has 0 saturated heterocycles. The summed E-state index contributed by atoms with van der Waals surface area (Å²) in [6.07, 6.45) is -1.57. The van der Waals surface area contributed by atoms with Gasteiger partial charge in [0.15, 0.2) is 5.78 Å². The Hall–Kier alpha value is -5.13. The highest BCUT2D eigenvalue weighted by atomic mass is 19.4. The van der Waals surface area contributed by atoms with Gasteiger partial charge in [0.05, 0.1) is 38.4 Å². The molecule has 2 aromatic carbocycles. The third-order valence-corrected chi connectivity index (χ3v) is 7.91. The van der Waals surface area contributed by atoms with E-state index in [-0.39, 0.29) is 29.1 Å². The number of halogens is 3. The minimum atomic E-state index is -4.59. The zero-order valence-corrected chi connectivity index (χ0v) is 23.9. The van der Waals surface area contributed by atoms with Crippen LogP contribution >= 0.6 is 0 Å². The molecule has 0 bridgehead atoms. The van der Waals surface area contributed by atoms with Crippen LogP contribution in [0.3, 0.4) is 0 Å². The molecule has 228 valence electrons. The van der Waals surface area contributed by atoms with E-state index in [1.165, 1.54) is 43.6 Å². The van der Waals surface area contributed by atoms with Crippen LogP contribution in [0, 0.1) is 5.92 Å². The zero-order chi connectivity index (χ0) is 31.8. The Bertz CT molecular complexity index is 1650. The molecule has 0 saturated carbocycles. The largest absolute Gasteiger partial charge is 0.497 e. The summed E-state index contributed by atoms with van der Waals surface area (Å²) in [5, 5.41) is 0. The van der Waals surface area contributed by atoms with Gasteiger partial charge in [0.1, 0.15) is 17.5 Å². The number of esters is 2. The summed E-state index contributed by atoms with van der Waals surface area (Å²) >= 11 is 0. The molecule has 2 N–H and O–H groups in total. The first-order valence-corrected chi connectivity index (χ1v) is 13.5. The van der Waals surface area contributed by atoms with Crippen molar-refractivity contribution in [3.8, 4) is 5.75 Å². The van der Waals surface area contributed by atoms with Crippen LogP contribution in [-0.2, 0) is 30.0 Å². The Balaban J connectivity index is 1.79. The van der Waals surface area contributed by atoms with Gasteiger partial charge in [-0.1, -0.05) is 18.2 Å². The summed E-state index contributed by atoms with van der Waals surface area (Å²) in [6.45, 7) is 0. The van der Waals surface area contributed by atoms with Crippen LogP contribution in [0.25, 0.3) is 0 Å². The number of nitrogens with zero attached hydrogens (tertiary/aromatic N) is 2. The lowest BCUT2D eigenvalue weighted by atomic mass is 9.67. The van der Waals surface area contributed by atoms with E-state index in [1.807, 2.05) is 0 Å². The molecule has 9 nitrogen and oxygen atoms in total. The highest BCUT2D eigenvalue weighted by Crippen LogP contribution is 2.51. The fraction of sp³-hybridized carbons (Fsp3) is 0.250. The topological polar surface area (TPSA) is 121 Å². The second kappa shape index (κ2) is 11.9. The van der Waals surface area contributed by atoms with Crippen molar-refractivity contribution in [1.29, 1.82) is 0 Å². The maximum atomic E-state index is 14.6. The molecule has 0 fully saturated rings. The Morgan fingerprint density at radius 2 is 1.64 bits per heavy atom. The number of nitrogens with two attached hydrogens (primary N) is 1. The van der Waals surface area contributed by atoms with Gasteiger partial charge in [0, 0.05) is 35.3 Å². The predicted octanol–water partition coefficient (Wildman–Crippen LogP) is 4.86. The number of allylic oxidation sites excluding steroid dienone is 2. The molecule has 0 radical (unpaired) electrons. The van der Waals surface area contributed by atoms with Crippen LogP contribution in [0.4, 0.5) is 18.9 Å². The molecule has 0 spiro atoms. The molecule has 2 aliphatic rings. The molecule has 3 aromatic rings. The third kappa shape index (κ3) is 5.27. The van der Waals surface area contributed by atoms with E-state index >= 15 is 0 Å². The number of Topliss-reactive ketones (excluding diaryl/α,β-unsaturated/α-hetero) is 1. The minimum absolute atomic E-state index is 0.0418. The number of carbonyl (C=O) groups is 3. The van der Waals surface area contributed by atoms with E-state index in [9.17, 15) is 27.6 Å². The highest BCUT2D eigenvalue weighted by molar-refractivity contribution is 6.14. The van der Waals surface area contributed by atoms with Gasteiger partial charge in [0.25, 0.3) is 0 Å². The number of aromatic nitrogens is 1. The van der Waals surface area contributed by atoms with E-state index in [0.29, 0.717) is 22.6 Å². The van der Waals surface area contributed by atoms with Crippen molar-refractivity contribution in [2.24, 2.45) is 11.7 Å². The molecule has 0 amide bonds. The quantitative estimate of drug-likeness (QED) is 0.310. The number of methoxy groups -OCH3 is 3. The number of ketones is 1. The van der Waals surface area contributed by atoms with Crippen LogP contribution in [0.5, 0.6) is 5.75 Å². The predicted molar refractivity (Wildman–Crippen MR) is 152 cm³/mol. The van der Waals surface area contributed by atoms with Gasteiger partial charge in [-0.05, 0) is 60.0 Å². The van der Waals surface area contributed by atoms with E-state index in [0.717, 1.165) is 19.2 Å². The number of hydrogen-bond donors (Lipinski definition) is 1. The first kappa shape index (κ1) is 30.3. The number of alkyl halides is 3. The summed E-state index contributed by atoms with van der Waals surface area (Å²) < 4.78 is 55.7. The van der Waals surface area contributed by atoms with Crippen LogP contribution in [0.1, 0.15) is 34.9 Å². The van der Waals surface area contributed by atoms with Gasteiger partial charge in [-0.25, -0.2) is 4.79 Å². The number of hydrogen-bond acceptors (Lipinski definition) is 9. The first-order valence-electron chi connectivity index (χ1n) is 13.5. The zero-order valence-electron chi connectivity index (χ0n) is 23.9. The lowest BCUT2D eigenvalue weighted by Gasteiger charge is -2.44. The van der Waals surface area contributed by atoms with E-state index in [1.54, 1.807) is 36.4 Å². The molecule has 2 heterocycles. The number of carbonyl (C=O) groups excluding carboxylic acids is 3. The first-order chi connectivity index (χ1) is 21.0. The molecular formula is C32H28F3N3O6. The molecule has 1 aliphatic heterocycles. The van der Waals surface area contributed by atoms with Crippen LogP contribution in [0.15, 0.2) is 95.7 Å². The van der Waals surface area contributed by atoms with E-state index in [4.69, 9.17) is 19.9 Å². The lowest BCUT2D eigenvalue weighted by molar-refractivity contribution is -0.150. The monoisotopic (exact) mass is 607 g/mol. The third-order valence-electron chi connectivity index (χ3n) is 7.91. The minimum Gasteiger partial charge on any atom is -0.497 e. The van der Waals surface area contributed by atoms with Gasteiger partial charge in [0.2, 0.25) is 0 Å². The van der Waals surface area contributed by atoms with Crippen molar-refractivity contribution in [3.05, 3.63) is 112 Å². The van der Waals surface area contributed by atoms with Crippen molar-refractivity contribution >= 4 is 23.4 Å². The Kier molecular flexibility index (Phi) is 8.18. The second-order valence-electron chi connectivity index (χ2n) is 10.2. The second-order valence-corrected chi connectivity index (χ2v) is 10.2. The van der Waals surface area contributed by atoms with Gasteiger partial charge in [-0.2, -0.15) is 13.2 Å². The smallest absolute Gasteiger partial charge is 0.416 e. The molecule has 1 aromatic heterocycles. The molecular weight excluding hydrogens is 579 g/mol. The summed E-state index contributed by atoms with van der Waals surface area (Å²) in [5.74, 6) is -5.00. The SMILES string of the molecule is COC(=O)C1=C(N)N(c2ccc(C(F)(F)F)cc2)C2=C(C(=O)[C@H](C(=O)OC)[C@@H](c3ccc(OC)cc3)C2)[C@@H]1c1cccnc1. The summed E-state index contributed by atoms with van der Waals surface area (Å²) in [5.41, 5.74) is 7.26. The maximum Gasteiger partial charge on any atom is 0.416 e. The number of anilines is 1. The van der Waals surface area contributed by atoms with Crippen LogP contribution < -0.4 is 15.4 Å². The Morgan fingerprint density at radius 1 is 0.955 bits per heavy atom. The standard InChI is InChI=1S/C32H28F3N3O6/c1-42-21-12-6-17(7-13-21)22-15-23-26(28(39)25(22)30(40)43-2)24(18-5-4-14-37-16-18)27(31(41)44-3)29(36)38(23)20-10-8-19(9-11-20)32(33,34)35/h4-14,16,22,24-25H,15,36H2,1-3H3/t22-,24+,25-/m1/s1. The fourth-order valence-corrected chi connectivity index (χ4v) is 5.87. The van der Waals surface area contributed by atoms with E-state index in [2.05, 4.69) is 4.98 Å². The van der Waals surface area contributed by atoms with Crippen molar-refractivity contribution < 1.29 is 41.8 Å². The number of benzene rings is 2. The van der Waals surface area contributed by atoms with Crippen molar-refractivity contribution in [2.75, 3.05) is 26.2 Å². The molecule has 1 aliphatic carbocycles. The number of pyridine rings is 1. The van der Waals surface area contributed by atoms with Crippen LogP contribution in [-0.4, -0.2) is 44.0 Å². The van der Waals surface area contributed by atoms with Gasteiger partial charge < -0.3 is 19.9 Å². The summed E-state index contributed by atoms with van der Waals surface area (Å²) in [6, 6.07) is 14.3. The van der Waals surface area contributed by atoms with Gasteiger partial charge in [-0.3, -0.25) is 19.5 Å². The molecule has 3 atom stereocenters. The van der Waals surface area contributed by atoms with Gasteiger partial charge >= 0.3 is 18.1 Å². The highest BCUT2D eigenvalue weighted by Gasteiger charge is 2.51. The Labute approximate surface area is 250 Å². The summed E-state index contributed by atoms with van der Waals surface area (Å²) in [7, 11) is 3.83. The van der Waals surface area contributed by atoms with Crippen molar-refractivity contribution in [1.82, 2.24) is 4.98 Å². The average Bonchev–Trinajstić information content (AvgIpc) is 3.03. The molecule has 0 unspecified atom stereocenters. The van der Waals surface area contributed by atoms with Crippen LogP contribution in [0.2, 0.25) is 0 Å². The lowest BCUT2D eigenvalue weighted by Crippen LogP contribution is -2.46. The normalized spacial score (nSPS) is 20.3.